The molecule has 16 heavy (non-hydrogen) atoms. The summed E-state index contributed by atoms with van der Waals surface area (Å²) in [7, 11) is 0.992. The Balaban J connectivity index is 3.11. The van der Waals surface area contributed by atoms with Crippen LogP contribution in [0.25, 0.3) is 0 Å². The van der Waals surface area contributed by atoms with Crippen molar-refractivity contribution in [1.82, 2.24) is 0 Å². The van der Waals surface area contributed by atoms with Gasteiger partial charge in [0, 0.05) is 15.6 Å². The smallest absolute Gasteiger partial charge is 0.405 e. The predicted molar refractivity (Wildman–Crippen MR) is 53.4 cm³/mol. The Morgan fingerprint density at radius 3 is 2.25 bits per heavy atom. The van der Waals surface area contributed by atoms with E-state index < -0.39 is 21.2 Å². The average molecular weight is 293 g/mol. The third-order valence-electron chi connectivity index (χ3n) is 1.44. The van der Waals surface area contributed by atoms with Crippen LogP contribution in [0.2, 0.25) is 0 Å². The van der Waals surface area contributed by atoms with Gasteiger partial charge in [-0.25, -0.2) is 8.42 Å². The monoisotopic (exact) mass is 292 g/mol. The second-order valence-electron chi connectivity index (χ2n) is 2.62. The minimum atomic E-state index is -4.86. The molecule has 3 nitrogen and oxygen atoms in total. The Morgan fingerprint density at radius 2 is 1.88 bits per heavy atom. The molecule has 0 heterocycles. The van der Waals surface area contributed by atoms with Crippen LogP contribution in [0, 0.1) is 0 Å². The molecule has 0 saturated heterocycles. The van der Waals surface area contributed by atoms with Crippen LogP contribution >= 0.6 is 23.3 Å². The molecule has 1 rings (SSSR count). The van der Waals surface area contributed by atoms with Gasteiger partial charge in [0.1, 0.15) is 5.75 Å². The zero-order chi connectivity index (χ0) is 12.6. The maximum absolute atomic E-state index is 11.9. The van der Waals surface area contributed by atoms with Crippen molar-refractivity contribution in [2.24, 2.45) is 0 Å². The Kier molecular flexibility index (Phi) is 3.65. The molecule has 0 aliphatic heterocycles. The molecule has 0 atom stereocenters. The van der Waals surface area contributed by atoms with Gasteiger partial charge in [0.25, 0.3) is 9.05 Å². The average Bonchev–Trinajstić information content (AvgIpc) is 2.04. The fraction of sp³-hybridized carbons (Fsp3) is 0.143. The molecule has 0 fully saturated rings. The lowest BCUT2D eigenvalue weighted by Crippen LogP contribution is -2.17. The van der Waals surface area contributed by atoms with Gasteiger partial charge in [-0.2, -0.15) is 0 Å². The number of hydrogen-bond donors (Lipinski definition) is 1. The lowest BCUT2D eigenvalue weighted by Gasteiger charge is -2.10. The lowest BCUT2D eigenvalue weighted by molar-refractivity contribution is -0.275. The summed E-state index contributed by atoms with van der Waals surface area (Å²) >= 11 is 3.66. The number of rotatable bonds is 2. The molecule has 0 unspecified atom stereocenters. The van der Waals surface area contributed by atoms with E-state index in [4.69, 9.17) is 10.7 Å². The van der Waals surface area contributed by atoms with Crippen LogP contribution in [0.1, 0.15) is 0 Å². The van der Waals surface area contributed by atoms with E-state index >= 15 is 0 Å². The van der Waals surface area contributed by atoms with Gasteiger partial charge in [-0.1, -0.05) is 0 Å². The molecule has 0 aromatic heterocycles. The molecule has 0 spiro atoms. The quantitative estimate of drug-likeness (QED) is 0.673. The van der Waals surface area contributed by atoms with E-state index in [9.17, 15) is 21.6 Å². The number of thiol groups is 1. The molecule has 90 valence electrons. The Bertz CT molecular complexity index is 498. The van der Waals surface area contributed by atoms with E-state index in [1.54, 1.807) is 0 Å². The molecular weight excluding hydrogens is 289 g/mol. The highest BCUT2D eigenvalue weighted by Gasteiger charge is 2.32. The summed E-state index contributed by atoms with van der Waals surface area (Å²) < 4.78 is 60.9. The van der Waals surface area contributed by atoms with E-state index in [0.717, 1.165) is 18.2 Å². The van der Waals surface area contributed by atoms with Crippen LogP contribution in [-0.2, 0) is 9.05 Å². The predicted octanol–water partition coefficient (Wildman–Crippen LogP) is 2.80. The molecule has 0 radical (unpaired) electrons. The van der Waals surface area contributed by atoms with E-state index in [-0.39, 0.29) is 9.79 Å². The number of ether oxygens (including phenoxy) is 1. The van der Waals surface area contributed by atoms with Crippen molar-refractivity contribution in [3.8, 4) is 5.75 Å². The van der Waals surface area contributed by atoms with Gasteiger partial charge in [-0.3, -0.25) is 0 Å². The third-order valence-corrected chi connectivity index (χ3v) is 3.14. The first kappa shape index (κ1) is 13.5. The maximum atomic E-state index is 11.9. The molecule has 9 heteroatoms. The van der Waals surface area contributed by atoms with Crippen LogP contribution in [0.4, 0.5) is 13.2 Å². The zero-order valence-electron chi connectivity index (χ0n) is 7.32. The number of benzene rings is 1. The van der Waals surface area contributed by atoms with E-state index in [1.807, 2.05) is 0 Å². The van der Waals surface area contributed by atoms with Crippen LogP contribution in [0.15, 0.2) is 28.0 Å². The maximum Gasteiger partial charge on any atom is 0.573 e. The van der Waals surface area contributed by atoms with Crippen LogP contribution in [0.5, 0.6) is 5.75 Å². The van der Waals surface area contributed by atoms with Gasteiger partial charge in [0.2, 0.25) is 0 Å². The standard InChI is InChI=1S/C7H4ClF3O3S2/c8-16(12,13)4-1-2-5(6(15)3-4)14-7(9,10)11/h1-3,15H. The van der Waals surface area contributed by atoms with Crippen molar-refractivity contribution >= 4 is 32.4 Å². The summed E-state index contributed by atoms with van der Waals surface area (Å²) in [5.41, 5.74) is 0. The Hall–Kier alpha value is -0.600. The summed E-state index contributed by atoms with van der Waals surface area (Å²) in [6, 6.07) is 2.58. The van der Waals surface area contributed by atoms with Crippen molar-refractivity contribution in [3.05, 3.63) is 18.2 Å². The first-order chi connectivity index (χ1) is 7.09. The molecule has 1 aromatic rings. The molecule has 0 bridgehead atoms. The fourth-order valence-electron chi connectivity index (χ4n) is 0.860. The summed E-state index contributed by atoms with van der Waals surface area (Å²) in [6.45, 7) is 0. The molecular formula is C7H4ClF3O3S2. The zero-order valence-corrected chi connectivity index (χ0v) is 9.79. The largest absolute Gasteiger partial charge is 0.573 e. The van der Waals surface area contributed by atoms with Crippen molar-refractivity contribution in [3.63, 3.8) is 0 Å². The third kappa shape index (κ3) is 3.76. The molecule has 1 aromatic carbocycles. The first-order valence-corrected chi connectivity index (χ1v) is 6.39. The first-order valence-electron chi connectivity index (χ1n) is 3.63. The van der Waals surface area contributed by atoms with Gasteiger partial charge in [-0.05, 0) is 18.2 Å². The summed E-state index contributed by atoms with van der Waals surface area (Å²) in [5, 5.41) is 0. The van der Waals surface area contributed by atoms with Crippen molar-refractivity contribution in [2.75, 3.05) is 0 Å². The van der Waals surface area contributed by atoms with E-state index in [2.05, 4.69) is 17.4 Å². The van der Waals surface area contributed by atoms with Crippen LogP contribution in [-0.4, -0.2) is 14.8 Å². The summed E-state index contributed by atoms with van der Waals surface area (Å²) in [6.07, 6.45) is -4.86. The lowest BCUT2D eigenvalue weighted by atomic mass is 10.3. The van der Waals surface area contributed by atoms with Gasteiger partial charge < -0.3 is 4.74 Å². The Morgan fingerprint density at radius 1 is 1.31 bits per heavy atom. The van der Waals surface area contributed by atoms with Gasteiger partial charge in [-0.15, -0.1) is 25.8 Å². The number of alkyl halides is 3. The second-order valence-corrected chi connectivity index (χ2v) is 5.66. The molecule has 0 aliphatic carbocycles. The van der Waals surface area contributed by atoms with Crippen molar-refractivity contribution in [2.45, 2.75) is 16.2 Å². The molecule has 0 aliphatic rings. The Labute approximate surface area is 99.0 Å². The molecule has 0 saturated carbocycles. The fourth-order valence-corrected chi connectivity index (χ4v) is 1.98. The highest BCUT2D eigenvalue weighted by molar-refractivity contribution is 8.13. The molecule has 0 amide bonds. The minimum Gasteiger partial charge on any atom is -0.405 e. The highest BCUT2D eigenvalue weighted by atomic mass is 35.7. The SMILES string of the molecule is O=S(=O)(Cl)c1ccc(OC(F)(F)F)c(S)c1. The topological polar surface area (TPSA) is 43.4 Å². The number of hydrogen-bond acceptors (Lipinski definition) is 4. The van der Waals surface area contributed by atoms with Crippen molar-refractivity contribution < 1.29 is 26.3 Å². The van der Waals surface area contributed by atoms with Gasteiger partial charge in [0.15, 0.2) is 0 Å². The number of halogens is 4. The van der Waals surface area contributed by atoms with E-state index in [0.29, 0.717) is 0 Å². The van der Waals surface area contributed by atoms with Gasteiger partial charge in [0.05, 0.1) is 4.90 Å². The van der Waals surface area contributed by atoms with Gasteiger partial charge >= 0.3 is 6.36 Å². The van der Waals surface area contributed by atoms with Crippen molar-refractivity contribution in [1.29, 1.82) is 0 Å². The summed E-state index contributed by atoms with van der Waals surface area (Å²) in [5.74, 6) is -0.597. The molecule has 0 N–H and O–H groups in total. The second kappa shape index (κ2) is 4.34. The van der Waals surface area contributed by atoms with Crippen LogP contribution < -0.4 is 4.74 Å². The summed E-state index contributed by atoms with van der Waals surface area (Å²) in [4.78, 5) is -0.632. The normalized spacial score (nSPS) is 12.6. The highest BCUT2D eigenvalue weighted by Crippen LogP contribution is 2.31. The van der Waals surface area contributed by atoms with E-state index in [1.165, 1.54) is 0 Å². The minimum absolute atomic E-state index is 0.279. The van der Waals surface area contributed by atoms with Crippen LogP contribution in [0.3, 0.4) is 0 Å².